The SMILES string of the molecule is CC(C)c1cc(OCc2ccc(C(F)(F)F)cc2)nc(-c2cc(Cl)cc(Cl)c2)n1. The van der Waals surface area contributed by atoms with E-state index in [1.807, 2.05) is 13.8 Å². The highest BCUT2D eigenvalue weighted by atomic mass is 35.5. The van der Waals surface area contributed by atoms with Crippen molar-refractivity contribution < 1.29 is 17.9 Å². The van der Waals surface area contributed by atoms with Crippen molar-refractivity contribution in [3.05, 3.63) is 75.4 Å². The normalized spacial score (nSPS) is 11.7. The standard InChI is InChI=1S/C21H17Cl2F3N2O/c1-12(2)18-10-19(28-20(27-18)14-7-16(22)9-17(23)8-14)29-11-13-3-5-15(6-4-13)21(24,25)26/h3-10,12H,11H2,1-2H3. The second-order valence-corrected chi connectivity index (χ2v) is 7.62. The van der Waals surface area contributed by atoms with E-state index in [0.29, 0.717) is 32.9 Å². The molecule has 0 amide bonds. The van der Waals surface area contributed by atoms with Crippen LogP contribution in [0.3, 0.4) is 0 Å². The highest BCUT2D eigenvalue weighted by molar-refractivity contribution is 6.35. The Labute approximate surface area is 176 Å². The number of hydrogen-bond donors (Lipinski definition) is 0. The van der Waals surface area contributed by atoms with Crippen LogP contribution in [0.1, 0.15) is 36.6 Å². The van der Waals surface area contributed by atoms with Crippen molar-refractivity contribution in [2.24, 2.45) is 0 Å². The van der Waals surface area contributed by atoms with Crippen LogP contribution in [0, 0.1) is 0 Å². The van der Waals surface area contributed by atoms with Crippen molar-refractivity contribution in [2.75, 3.05) is 0 Å². The minimum Gasteiger partial charge on any atom is -0.473 e. The third-order valence-corrected chi connectivity index (χ3v) is 4.54. The van der Waals surface area contributed by atoms with Crippen LogP contribution in [0.2, 0.25) is 10.0 Å². The van der Waals surface area contributed by atoms with E-state index in [1.165, 1.54) is 12.1 Å². The van der Waals surface area contributed by atoms with Gasteiger partial charge in [-0.3, -0.25) is 0 Å². The summed E-state index contributed by atoms with van der Waals surface area (Å²) in [4.78, 5) is 8.96. The molecule has 0 atom stereocenters. The molecule has 152 valence electrons. The molecule has 29 heavy (non-hydrogen) atoms. The number of benzene rings is 2. The first-order valence-electron chi connectivity index (χ1n) is 8.76. The van der Waals surface area contributed by atoms with E-state index in [9.17, 15) is 13.2 Å². The van der Waals surface area contributed by atoms with Crippen molar-refractivity contribution in [1.29, 1.82) is 0 Å². The van der Waals surface area contributed by atoms with E-state index in [2.05, 4.69) is 9.97 Å². The molecule has 8 heteroatoms. The van der Waals surface area contributed by atoms with Crippen molar-refractivity contribution in [1.82, 2.24) is 9.97 Å². The first-order valence-corrected chi connectivity index (χ1v) is 9.52. The van der Waals surface area contributed by atoms with Gasteiger partial charge in [0.2, 0.25) is 5.88 Å². The van der Waals surface area contributed by atoms with Gasteiger partial charge in [-0.1, -0.05) is 49.2 Å². The molecule has 0 unspecified atom stereocenters. The van der Waals surface area contributed by atoms with Gasteiger partial charge in [-0.2, -0.15) is 18.2 Å². The van der Waals surface area contributed by atoms with Crippen LogP contribution in [0.5, 0.6) is 5.88 Å². The van der Waals surface area contributed by atoms with E-state index in [0.717, 1.165) is 17.8 Å². The molecule has 0 saturated carbocycles. The van der Waals surface area contributed by atoms with Gasteiger partial charge in [-0.25, -0.2) is 4.98 Å². The molecule has 2 aromatic carbocycles. The van der Waals surface area contributed by atoms with Crippen LogP contribution in [-0.2, 0) is 12.8 Å². The smallest absolute Gasteiger partial charge is 0.416 e. The van der Waals surface area contributed by atoms with Gasteiger partial charge in [0.25, 0.3) is 0 Å². The number of nitrogens with zero attached hydrogens (tertiary/aromatic N) is 2. The lowest BCUT2D eigenvalue weighted by Gasteiger charge is -2.12. The summed E-state index contributed by atoms with van der Waals surface area (Å²) < 4.78 is 43.8. The molecule has 0 aliphatic heterocycles. The zero-order valence-corrected chi connectivity index (χ0v) is 17.1. The van der Waals surface area contributed by atoms with Crippen molar-refractivity contribution in [3.63, 3.8) is 0 Å². The van der Waals surface area contributed by atoms with Crippen molar-refractivity contribution in [2.45, 2.75) is 32.5 Å². The average molecular weight is 441 g/mol. The van der Waals surface area contributed by atoms with E-state index in [-0.39, 0.29) is 12.5 Å². The number of rotatable bonds is 5. The molecule has 0 aliphatic carbocycles. The second kappa shape index (κ2) is 8.59. The fraction of sp³-hybridized carbons (Fsp3) is 0.238. The van der Waals surface area contributed by atoms with Gasteiger partial charge in [0.15, 0.2) is 5.82 Å². The molecule has 1 aromatic heterocycles. The van der Waals surface area contributed by atoms with E-state index >= 15 is 0 Å². The fourth-order valence-corrected chi connectivity index (χ4v) is 3.10. The topological polar surface area (TPSA) is 35.0 Å². The number of halogens is 5. The summed E-state index contributed by atoms with van der Waals surface area (Å²) in [5.41, 5.74) is 1.29. The fourth-order valence-electron chi connectivity index (χ4n) is 2.57. The lowest BCUT2D eigenvalue weighted by atomic mass is 10.1. The molecule has 0 radical (unpaired) electrons. The van der Waals surface area contributed by atoms with Gasteiger partial charge in [-0.05, 0) is 41.8 Å². The minimum absolute atomic E-state index is 0.0719. The predicted molar refractivity (Wildman–Crippen MR) is 107 cm³/mol. The molecule has 3 nitrogen and oxygen atoms in total. The molecule has 0 N–H and O–H groups in total. The number of alkyl halides is 3. The van der Waals surface area contributed by atoms with E-state index < -0.39 is 11.7 Å². The highest BCUT2D eigenvalue weighted by Crippen LogP contribution is 2.30. The quantitative estimate of drug-likeness (QED) is 0.421. The van der Waals surface area contributed by atoms with Crippen molar-refractivity contribution >= 4 is 23.2 Å². The van der Waals surface area contributed by atoms with E-state index in [1.54, 1.807) is 24.3 Å². The Bertz CT molecular complexity index is 986. The third kappa shape index (κ3) is 5.61. The maximum absolute atomic E-state index is 12.7. The summed E-state index contributed by atoms with van der Waals surface area (Å²) in [6.45, 7) is 4.04. The van der Waals surface area contributed by atoms with Crippen molar-refractivity contribution in [3.8, 4) is 17.3 Å². The summed E-state index contributed by atoms with van der Waals surface area (Å²) in [5.74, 6) is 0.831. The van der Waals surface area contributed by atoms with Crippen LogP contribution >= 0.6 is 23.2 Å². The Morgan fingerprint density at radius 1 is 0.931 bits per heavy atom. The Morgan fingerprint density at radius 2 is 1.55 bits per heavy atom. The molecule has 0 fully saturated rings. The van der Waals surface area contributed by atoms with Gasteiger partial charge in [-0.15, -0.1) is 0 Å². The second-order valence-electron chi connectivity index (χ2n) is 6.75. The lowest BCUT2D eigenvalue weighted by molar-refractivity contribution is -0.137. The monoisotopic (exact) mass is 440 g/mol. The molecular formula is C21H17Cl2F3N2O. The van der Waals surface area contributed by atoms with Gasteiger partial charge in [0.1, 0.15) is 6.61 Å². The molecule has 3 rings (SSSR count). The first kappa shape index (κ1) is 21.4. The van der Waals surface area contributed by atoms with E-state index in [4.69, 9.17) is 27.9 Å². The van der Waals surface area contributed by atoms with Gasteiger partial charge in [0, 0.05) is 21.7 Å². The predicted octanol–water partition coefficient (Wildman–Crippen LogP) is 7.17. The summed E-state index contributed by atoms with van der Waals surface area (Å²) >= 11 is 12.2. The van der Waals surface area contributed by atoms with Crippen LogP contribution < -0.4 is 4.74 Å². The first-order chi connectivity index (χ1) is 13.6. The summed E-state index contributed by atoms with van der Waals surface area (Å²) in [5, 5.41) is 0.913. The van der Waals surface area contributed by atoms with Gasteiger partial charge < -0.3 is 4.74 Å². The number of ether oxygens (including phenoxy) is 1. The lowest BCUT2D eigenvalue weighted by Crippen LogP contribution is -2.06. The minimum atomic E-state index is -4.37. The molecular weight excluding hydrogens is 424 g/mol. The Balaban J connectivity index is 1.86. The molecule has 0 aliphatic rings. The molecule has 3 aromatic rings. The summed E-state index contributed by atoms with van der Waals surface area (Å²) in [7, 11) is 0. The van der Waals surface area contributed by atoms with Crippen LogP contribution in [0.25, 0.3) is 11.4 Å². The van der Waals surface area contributed by atoms with Gasteiger partial charge >= 0.3 is 6.18 Å². The zero-order valence-electron chi connectivity index (χ0n) is 15.6. The molecule has 0 saturated heterocycles. The Morgan fingerprint density at radius 3 is 2.10 bits per heavy atom. The maximum Gasteiger partial charge on any atom is 0.416 e. The third-order valence-electron chi connectivity index (χ3n) is 4.10. The van der Waals surface area contributed by atoms with Gasteiger partial charge in [0.05, 0.1) is 11.3 Å². The zero-order chi connectivity index (χ0) is 21.2. The van der Waals surface area contributed by atoms with Crippen LogP contribution in [0.4, 0.5) is 13.2 Å². The average Bonchev–Trinajstić information content (AvgIpc) is 2.65. The molecule has 0 spiro atoms. The van der Waals surface area contributed by atoms with Crippen LogP contribution in [0.15, 0.2) is 48.5 Å². The number of hydrogen-bond acceptors (Lipinski definition) is 3. The molecule has 0 bridgehead atoms. The maximum atomic E-state index is 12.7. The summed E-state index contributed by atoms with van der Waals surface area (Å²) in [6, 6.07) is 11.5. The highest BCUT2D eigenvalue weighted by Gasteiger charge is 2.29. The Kier molecular flexibility index (Phi) is 6.34. The molecule has 1 heterocycles. The number of aromatic nitrogens is 2. The Hall–Kier alpha value is -2.31. The van der Waals surface area contributed by atoms with Crippen LogP contribution in [-0.4, -0.2) is 9.97 Å². The summed E-state index contributed by atoms with van der Waals surface area (Å²) in [6.07, 6.45) is -4.37. The largest absolute Gasteiger partial charge is 0.473 e.